The molecule has 0 saturated carbocycles. The molecule has 69 heavy (non-hydrogen) atoms. The van der Waals surface area contributed by atoms with Crippen molar-refractivity contribution in [2.45, 2.75) is 143 Å². The highest BCUT2D eigenvalue weighted by atomic mass is 16.4. The van der Waals surface area contributed by atoms with Gasteiger partial charge >= 0.3 is 11.9 Å². The van der Waals surface area contributed by atoms with Gasteiger partial charge in [0, 0.05) is 31.4 Å². The number of benzene rings is 2. The van der Waals surface area contributed by atoms with E-state index < -0.39 is 126 Å². The average molecular weight is 965 g/mol. The number of nitrogens with two attached hydrogens (primary N) is 1. The molecule has 0 spiro atoms. The smallest absolute Gasteiger partial charge is 0.305 e. The molecule has 0 radical (unpaired) electrons. The van der Waals surface area contributed by atoms with E-state index in [1.54, 1.807) is 96.1 Å². The lowest BCUT2D eigenvalue weighted by Gasteiger charge is -2.34. The first-order valence-electron chi connectivity index (χ1n) is 22.8. The van der Waals surface area contributed by atoms with Crippen molar-refractivity contribution < 1.29 is 63.0 Å². The predicted molar refractivity (Wildman–Crippen MR) is 252 cm³/mol. The van der Waals surface area contributed by atoms with Crippen LogP contribution >= 0.6 is 0 Å². The van der Waals surface area contributed by atoms with E-state index in [1.807, 2.05) is 6.92 Å². The fourth-order valence-electron chi connectivity index (χ4n) is 6.98. The number of hydrogen-bond acceptors (Lipinski definition) is 11. The monoisotopic (exact) mass is 964 g/mol. The van der Waals surface area contributed by atoms with Crippen LogP contribution in [0, 0.1) is 18.3 Å². The first kappa shape index (κ1) is 57.9. The Labute approximate surface area is 401 Å². The number of primary amides is 1. The molecule has 6 atom stereocenters. The second kappa shape index (κ2) is 28.2. The van der Waals surface area contributed by atoms with Crippen LogP contribution in [0.3, 0.4) is 0 Å². The molecule has 8 amide bonds. The summed E-state index contributed by atoms with van der Waals surface area (Å²) in [5, 5.41) is 36.8. The summed E-state index contributed by atoms with van der Waals surface area (Å²) in [7, 11) is 0. The minimum atomic E-state index is -1.76. The van der Waals surface area contributed by atoms with E-state index in [2.05, 4.69) is 37.2 Å². The maximum Gasteiger partial charge on any atom is 0.305 e. The van der Waals surface area contributed by atoms with Gasteiger partial charge in [-0.1, -0.05) is 96.8 Å². The van der Waals surface area contributed by atoms with Gasteiger partial charge in [0.1, 0.15) is 30.2 Å². The molecule has 0 bridgehead atoms. The Hall–Kier alpha value is -7.19. The van der Waals surface area contributed by atoms with Crippen molar-refractivity contribution in [2.24, 2.45) is 17.1 Å². The van der Waals surface area contributed by atoms with E-state index in [4.69, 9.17) is 5.73 Å². The summed E-state index contributed by atoms with van der Waals surface area (Å²) in [6.07, 6.45) is -1.35. The van der Waals surface area contributed by atoms with Gasteiger partial charge in [-0.15, -0.1) is 0 Å². The van der Waals surface area contributed by atoms with Crippen LogP contribution in [-0.4, -0.2) is 118 Å². The quantitative estimate of drug-likeness (QED) is 0.0509. The molecule has 0 unspecified atom stereocenters. The third kappa shape index (κ3) is 20.7. The van der Waals surface area contributed by atoms with Crippen molar-refractivity contribution in [3.8, 4) is 0 Å². The Bertz CT molecular complexity index is 2160. The summed E-state index contributed by atoms with van der Waals surface area (Å²) in [6, 6.07) is 6.21. The van der Waals surface area contributed by atoms with Crippen molar-refractivity contribution >= 4 is 65.0 Å². The number of carbonyl (C=O) groups excluding carboxylic acids is 9. The summed E-state index contributed by atoms with van der Waals surface area (Å²) < 4.78 is 0. The minimum Gasteiger partial charge on any atom is -0.481 e. The number of Topliss-reactive ketones (excluding diaryl/α,β-unsaturated/α-hetero) is 1. The summed E-state index contributed by atoms with van der Waals surface area (Å²) in [6.45, 7) is 11.9. The van der Waals surface area contributed by atoms with E-state index in [9.17, 15) is 63.0 Å². The number of carboxylic acids is 2. The van der Waals surface area contributed by atoms with Gasteiger partial charge in [0.25, 0.3) is 11.8 Å². The first-order valence-corrected chi connectivity index (χ1v) is 22.8. The third-order valence-electron chi connectivity index (χ3n) is 10.8. The molecule has 11 N–H and O–H groups in total. The molecule has 0 aromatic heterocycles. The number of carbonyl (C=O) groups is 11. The van der Waals surface area contributed by atoms with E-state index in [0.29, 0.717) is 29.5 Å². The van der Waals surface area contributed by atoms with Crippen LogP contribution < -0.4 is 43.0 Å². The number of amides is 8. The van der Waals surface area contributed by atoms with Gasteiger partial charge in [-0.05, 0) is 60.8 Å². The maximum absolute atomic E-state index is 14.4. The number of carboxylic acid groups (broad SMARTS) is 2. The Balaban J connectivity index is 2.43. The normalized spacial score (nSPS) is 13.7. The average Bonchev–Trinajstić information content (AvgIpc) is 3.27. The Morgan fingerprint density at radius 1 is 0.623 bits per heavy atom. The van der Waals surface area contributed by atoms with Crippen molar-refractivity contribution in [3.05, 3.63) is 71.3 Å². The van der Waals surface area contributed by atoms with E-state index >= 15 is 0 Å². The molecule has 0 aliphatic heterocycles. The van der Waals surface area contributed by atoms with Crippen LogP contribution in [0.2, 0.25) is 0 Å². The number of hydrogen-bond donors (Lipinski definition) is 10. The first-order chi connectivity index (χ1) is 32.3. The summed E-state index contributed by atoms with van der Waals surface area (Å²) in [5.41, 5.74) is 5.83. The van der Waals surface area contributed by atoms with Crippen molar-refractivity contribution in [1.29, 1.82) is 0 Å². The zero-order valence-electron chi connectivity index (χ0n) is 40.3. The molecule has 2 aromatic rings. The van der Waals surface area contributed by atoms with Crippen molar-refractivity contribution in [1.82, 2.24) is 37.2 Å². The minimum absolute atomic E-state index is 0.0903. The van der Waals surface area contributed by atoms with Gasteiger partial charge in [0.15, 0.2) is 0 Å². The summed E-state index contributed by atoms with van der Waals surface area (Å²) in [4.78, 5) is 143. The molecule has 0 aliphatic rings. The molecule has 0 heterocycles. The SMILES string of the molecule is CCCC[C@H](NC(=O)[C@H](CC(C)C)NC(=O)[C@@H](NC(=O)[C@H](Cc1ccccc1C)NC(=O)[C@H](CCC(=O)O)NC(=O)[C@H](CC(=O)O)NC(=O)CCNC(=O)c1ccccc1)C(C)(C)C)C(=O)C(N)=O. The van der Waals surface area contributed by atoms with E-state index in [-0.39, 0.29) is 38.1 Å². The van der Waals surface area contributed by atoms with Crippen LogP contribution in [0.5, 0.6) is 0 Å². The van der Waals surface area contributed by atoms with Gasteiger partial charge in [0.05, 0.1) is 12.5 Å². The lowest BCUT2D eigenvalue weighted by Crippen LogP contribution is -2.62. The highest BCUT2D eigenvalue weighted by molar-refractivity contribution is 6.37. The zero-order chi connectivity index (χ0) is 52.0. The molecular weight excluding hydrogens is 897 g/mol. The Morgan fingerprint density at radius 3 is 1.74 bits per heavy atom. The number of nitrogens with one attached hydrogen (secondary N) is 7. The van der Waals surface area contributed by atoms with Gasteiger partial charge in [-0.3, -0.25) is 52.7 Å². The molecule has 2 rings (SSSR count). The van der Waals surface area contributed by atoms with Crippen molar-refractivity contribution in [3.63, 3.8) is 0 Å². The molecule has 2 aromatic carbocycles. The molecule has 0 aliphatic carbocycles. The summed E-state index contributed by atoms with van der Waals surface area (Å²) in [5.74, 6) is -11.2. The lowest BCUT2D eigenvalue weighted by molar-refractivity contribution is -0.141. The number of aryl methyl sites for hydroxylation is 1. The summed E-state index contributed by atoms with van der Waals surface area (Å²) >= 11 is 0. The number of rotatable bonds is 29. The number of ketones is 1. The van der Waals surface area contributed by atoms with Crippen LogP contribution in [0.15, 0.2) is 54.6 Å². The fourth-order valence-corrected chi connectivity index (χ4v) is 6.98. The molecule has 0 fully saturated rings. The highest BCUT2D eigenvalue weighted by Crippen LogP contribution is 2.21. The van der Waals surface area contributed by atoms with Crippen LogP contribution in [0.4, 0.5) is 0 Å². The van der Waals surface area contributed by atoms with Gasteiger partial charge in [-0.2, -0.15) is 0 Å². The lowest BCUT2D eigenvalue weighted by atomic mass is 9.85. The molecule has 0 saturated heterocycles. The fraction of sp³-hybridized carbons (Fsp3) is 0.521. The van der Waals surface area contributed by atoms with Crippen LogP contribution in [-0.2, 0) is 54.4 Å². The number of aliphatic carboxylic acids is 2. The standard InChI is InChI=1S/C48H68N8O13/c1-8-9-19-31(39(62)41(49)63)52-44(66)33(24-27(2)3)55-47(69)40(48(5,6)7)56-46(68)34(25-30-18-14-13-15-28(30)4)54-43(65)32(20-21-37(58)59)53-45(67)35(26-38(60)61)51-36(57)22-23-50-42(64)29-16-11-10-12-17-29/h10-18,27,31-35,40H,8-9,19-26H2,1-7H3,(H2,49,63)(H,50,64)(H,51,57)(H,52,66)(H,53,67)(H,54,65)(H,55,69)(H,56,68)(H,58,59)(H,60,61)/t31-,32-,33-,34-,35-,40+/m0/s1. The second-order valence-corrected chi connectivity index (χ2v) is 18.2. The maximum atomic E-state index is 14.4. The Morgan fingerprint density at radius 2 is 1.17 bits per heavy atom. The number of unbranched alkanes of at least 4 members (excludes halogenated alkanes) is 1. The Kier molecular flexibility index (Phi) is 23.7. The van der Waals surface area contributed by atoms with E-state index in [0.717, 1.165) is 0 Å². The second-order valence-electron chi connectivity index (χ2n) is 18.2. The zero-order valence-corrected chi connectivity index (χ0v) is 40.3. The van der Waals surface area contributed by atoms with Crippen LogP contribution in [0.25, 0.3) is 0 Å². The van der Waals surface area contributed by atoms with Crippen LogP contribution in [0.1, 0.15) is 114 Å². The molecule has 21 heteroatoms. The van der Waals surface area contributed by atoms with Gasteiger partial charge in [0.2, 0.25) is 41.2 Å². The molecular formula is C48H68N8O13. The molecule has 378 valence electrons. The third-order valence-corrected chi connectivity index (χ3v) is 10.8. The van der Waals surface area contributed by atoms with E-state index in [1.165, 1.54) is 0 Å². The van der Waals surface area contributed by atoms with Gasteiger partial charge in [-0.25, -0.2) is 0 Å². The highest BCUT2D eigenvalue weighted by Gasteiger charge is 2.39. The topological polar surface area (TPSA) is 338 Å². The van der Waals surface area contributed by atoms with Crippen molar-refractivity contribution in [2.75, 3.05) is 6.54 Å². The largest absolute Gasteiger partial charge is 0.481 e. The molecule has 21 nitrogen and oxygen atoms in total. The predicted octanol–water partition coefficient (Wildman–Crippen LogP) is 0.943. The van der Waals surface area contributed by atoms with Gasteiger partial charge < -0.3 is 53.2 Å².